The van der Waals surface area contributed by atoms with Crippen molar-refractivity contribution in [2.75, 3.05) is 13.1 Å². The van der Waals surface area contributed by atoms with Gasteiger partial charge in [0.2, 0.25) is 11.8 Å². The molecule has 0 atom stereocenters. The zero-order chi connectivity index (χ0) is 16.4. The first-order valence-corrected chi connectivity index (χ1v) is 8.10. The maximum Gasteiger partial charge on any atom is 0.253 e. The highest BCUT2D eigenvalue weighted by atomic mass is 16.4. The van der Waals surface area contributed by atoms with Gasteiger partial charge in [-0.3, -0.25) is 4.79 Å². The molecule has 0 radical (unpaired) electrons. The molecule has 2 aromatic carbocycles. The Morgan fingerprint density at radius 2 is 1.54 bits per heavy atom. The van der Waals surface area contributed by atoms with Crippen molar-refractivity contribution in [1.29, 1.82) is 0 Å². The molecule has 0 saturated carbocycles. The lowest BCUT2D eigenvalue weighted by molar-refractivity contribution is 0.0793. The molecule has 0 aliphatic carbocycles. The van der Waals surface area contributed by atoms with E-state index in [1.165, 1.54) is 0 Å². The Kier molecular flexibility index (Phi) is 3.83. The van der Waals surface area contributed by atoms with Crippen LogP contribution in [0.4, 0.5) is 0 Å². The Labute approximate surface area is 139 Å². The highest BCUT2D eigenvalue weighted by Gasteiger charge is 2.20. The van der Waals surface area contributed by atoms with Crippen LogP contribution in [0.15, 0.2) is 59.0 Å². The predicted octanol–water partition coefficient (Wildman–Crippen LogP) is 3.64. The van der Waals surface area contributed by atoms with Crippen LogP contribution in [0.1, 0.15) is 23.2 Å². The summed E-state index contributed by atoms with van der Waals surface area (Å²) in [6.07, 6.45) is 2.16. The minimum Gasteiger partial charge on any atom is -0.416 e. The summed E-state index contributed by atoms with van der Waals surface area (Å²) < 4.78 is 5.77. The van der Waals surface area contributed by atoms with E-state index >= 15 is 0 Å². The lowest BCUT2D eigenvalue weighted by atomic mass is 10.1. The third-order valence-electron chi connectivity index (χ3n) is 4.20. The van der Waals surface area contributed by atoms with Crippen LogP contribution in [-0.2, 0) is 0 Å². The average Bonchev–Trinajstić information content (AvgIpc) is 3.34. The molecule has 1 aromatic heterocycles. The number of amides is 1. The highest BCUT2D eigenvalue weighted by molar-refractivity contribution is 5.95. The number of rotatable bonds is 3. The largest absolute Gasteiger partial charge is 0.416 e. The van der Waals surface area contributed by atoms with Crippen molar-refractivity contribution >= 4 is 5.91 Å². The van der Waals surface area contributed by atoms with Gasteiger partial charge < -0.3 is 9.32 Å². The molecule has 1 fully saturated rings. The number of nitrogens with zero attached hydrogens (tertiary/aromatic N) is 3. The molecule has 5 nitrogen and oxygen atoms in total. The molecule has 120 valence electrons. The van der Waals surface area contributed by atoms with E-state index in [-0.39, 0.29) is 5.91 Å². The fourth-order valence-corrected chi connectivity index (χ4v) is 2.93. The van der Waals surface area contributed by atoms with Crippen LogP contribution in [0.3, 0.4) is 0 Å². The molecule has 4 rings (SSSR count). The number of carbonyl (C=O) groups excluding carboxylic acids is 1. The van der Waals surface area contributed by atoms with Crippen molar-refractivity contribution < 1.29 is 9.21 Å². The molecule has 24 heavy (non-hydrogen) atoms. The monoisotopic (exact) mass is 319 g/mol. The lowest BCUT2D eigenvalue weighted by Crippen LogP contribution is -2.27. The summed E-state index contributed by atoms with van der Waals surface area (Å²) in [4.78, 5) is 14.4. The smallest absolute Gasteiger partial charge is 0.253 e. The minimum absolute atomic E-state index is 0.0668. The van der Waals surface area contributed by atoms with Crippen LogP contribution >= 0.6 is 0 Å². The first-order chi connectivity index (χ1) is 11.8. The van der Waals surface area contributed by atoms with E-state index in [9.17, 15) is 4.79 Å². The number of likely N-dealkylation sites (tertiary alicyclic amines) is 1. The number of hydrogen-bond donors (Lipinski definition) is 0. The maximum absolute atomic E-state index is 12.5. The third kappa shape index (κ3) is 2.80. The summed E-state index contributed by atoms with van der Waals surface area (Å²) in [5, 5.41) is 8.22. The predicted molar refractivity (Wildman–Crippen MR) is 90.3 cm³/mol. The van der Waals surface area contributed by atoms with Crippen LogP contribution in [-0.4, -0.2) is 34.1 Å². The van der Waals surface area contributed by atoms with Gasteiger partial charge in [0.15, 0.2) is 0 Å². The molecule has 2 heterocycles. The second-order valence-corrected chi connectivity index (χ2v) is 5.86. The molecular weight excluding hydrogens is 302 g/mol. The fraction of sp³-hybridized carbons (Fsp3) is 0.211. The molecule has 0 unspecified atom stereocenters. The van der Waals surface area contributed by atoms with E-state index < -0.39 is 0 Å². The molecular formula is C19H17N3O2. The van der Waals surface area contributed by atoms with Gasteiger partial charge in [0.05, 0.1) is 0 Å². The van der Waals surface area contributed by atoms with Gasteiger partial charge in [0, 0.05) is 29.8 Å². The lowest BCUT2D eigenvalue weighted by Gasteiger charge is -2.15. The molecule has 3 aromatic rings. The second-order valence-electron chi connectivity index (χ2n) is 5.86. The van der Waals surface area contributed by atoms with Gasteiger partial charge in [-0.15, -0.1) is 10.2 Å². The number of aromatic nitrogens is 2. The minimum atomic E-state index is 0.0668. The molecule has 1 aliphatic heterocycles. The third-order valence-corrected chi connectivity index (χ3v) is 4.20. The number of benzene rings is 2. The zero-order valence-electron chi connectivity index (χ0n) is 13.2. The first kappa shape index (κ1) is 14.6. The van der Waals surface area contributed by atoms with Crippen LogP contribution in [0.2, 0.25) is 0 Å². The highest BCUT2D eigenvalue weighted by Crippen LogP contribution is 2.25. The van der Waals surface area contributed by atoms with E-state index in [1.54, 1.807) is 0 Å². The molecule has 1 aliphatic rings. The van der Waals surface area contributed by atoms with Gasteiger partial charge >= 0.3 is 0 Å². The van der Waals surface area contributed by atoms with Crippen molar-refractivity contribution in [1.82, 2.24) is 15.1 Å². The Morgan fingerprint density at radius 1 is 0.875 bits per heavy atom. The van der Waals surface area contributed by atoms with Gasteiger partial charge in [-0.1, -0.05) is 24.3 Å². The van der Waals surface area contributed by atoms with E-state index in [4.69, 9.17) is 4.42 Å². The summed E-state index contributed by atoms with van der Waals surface area (Å²) >= 11 is 0. The first-order valence-electron chi connectivity index (χ1n) is 8.10. The van der Waals surface area contributed by atoms with E-state index in [1.807, 2.05) is 59.5 Å². The van der Waals surface area contributed by atoms with E-state index in [2.05, 4.69) is 10.2 Å². The second kappa shape index (κ2) is 6.28. The number of hydrogen-bond acceptors (Lipinski definition) is 4. The molecule has 1 amide bonds. The quantitative estimate of drug-likeness (QED) is 0.739. The molecule has 0 N–H and O–H groups in total. The summed E-state index contributed by atoms with van der Waals surface area (Å²) in [6.45, 7) is 1.67. The molecule has 5 heteroatoms. The number of carbonyl (C=O) groups is 1. The Morgan fingerprint density at radius 3 is 2.29 bits per heavy atom. The van der Waals surface area contributed by atoms with Crippen LogP contribution in [0, 0.1) is 0 Å². The van der Waals surface area contributed by atoms with Crippen LogP contribution in [0.25, 0.3) is 22.9 Å². The van der Waals surface area contributed by atoms with Gasteiger partial charge in [-0.2, -0.15) is 0 Å². The average molecular weight is 319 g/mol. The molecule has 1 saturated heterocycles. The Balaban J connectivity index is 1.62. The van der Waals surface area contributed by atoms with Gasteiger partial charge in [-0.05, 0) is 43.2 Å². The molecule has 0 bridgehead atoms. The van der Waals surface area contributed by atoms with Gasteiger partial charge in [-0.25, -0.2) is 0 Å². The van der Waals surface area contributed by atoms with Crippen molar-refractivity contribution in [3.8, 4) is 22.9 Å². The van der Waals surface area contributed by atoms with Crippen molar-refractivity contribution in [3.63, 3.8) is 0 Å². The maximum atomic E-state index is 12.5. The standard InChI is InChI=1S/C19H17N3O2/c23-19(22-11-4-5-12-22)16-10-6-9-15(13-16)18-21-20-17(24-18)14-7-2-1-3-8-14/h1-3,6-10,13H,4-5,11-12H2. The summed E-state index contributed by atoms with van der Waals surface area (Å²) in [5.74, 6) is 0.962. The summed E-state index contributed by atoms with van der Waals surface area (Å²) in [5.41, 5.74) is 2.30. The Bertz CT molecular complexity index is 852. The fourth-order valence-electron chi connectivity index (χ4n) is 2.93. The van der Waals surface area contributed by atoms with Crippen LogP contribution < -0.4 is 0 Å². The molecule has 0 spiro atoms. The van der Waals surface area contributed by atoms with E-state index in [0.29, 0.717) is 17.3 Å². The topological polar surface area (TPSA) is 59.2 Å². The van der Waals surface area contributed by atoms with Crippen molar-refractivity contribution in [3.05, 3.63) is 60.2 Å². The van der Waals surface area contributed by atoms with Crippen molar-refractivity contribution in [2.24, 2.45) is 0 Å². The SMILES string of the molecule is O=C(c1cccc(-c2nnc(-c3ccccc3)o2)c1)N1CCCC1. The normalized spacial score (nSPS) is 14.1. The van der Waals surface area contributed by atoms with Crippen LogP contribution in [0.5, 0.6) is 0 Å². The Hall–Kier alpha value is -2.95. The summed E-state index contributed by atoms with van der Waals surface area (Å²) in [6, 6.07) is 17.0. The zero-order valence-corrected chi connectivity index (χ0v) is 13.2. The summed E-state index contributed by atoms with van der Waals surface area (Å²) in [7, 11) is 0. The van der Waals surface area contributed by atoms with E-state index in [0.717, 1.165) is 37.1 Å². The van der Waals surface area contributed by atoms with Gasteiger partial charge in [0.25, 0.3) is 5.91 Å². The van der Waals surface area contributed by atoms with Gasteiger partial charge in [0.1, 0.15) is 0 Å². The van der Waals surface area contributed by atoms with Crippen molar-refractivity contribution in [2.45, 2.75) is 12.8 Å².